The molecule has 1 aromatic rings. The van der Waals surface area contributed by atoms with E-state index in [2.05, 4.69) is 0 Å². The predicted octanol–water partition coefficient (Wildman–Crippen LogP) is 1.03. The average Bonchev–Trinajstić information content (AvgIpc) is 2.68. The van der Waals surface area contributed by atoms with E-state index < -0.39 is 27.0 Å². The molecular formula is C20H27CsO7S. The summed E-state index contributed by atoms with van der Waals surface area (Å²) in [5.41, 5.74) is -0.174. The Kier molecular flexibility index (Phi) is 10.2. The van der Waals surface area contributed by atoms with Crippen LogP contribution < -0.4 is 68.9 Å². The maximum absolute atomic E-state index is 12.5. The van der Waals surface area contributed by atoms with Gasteiger partial charge in [-0.25, -0.2) is 9.59 Å². The van der Waals surface area contributed by atoms with Crippen molar-refractivity contribution < 1.29 is 102 Å². The molecule has 0 radical (unpaired) electrons. The van der Waals surface area contributed by atoms with Crippen molar-refractivity contribution in [2.45, 2.75) is 81.3 Å². The van der Waals surface area contributed by atoms with Crippen molar-refractivity contribution >= 4 is 22.1 Å². The van der Waals surface area contributed by atoms with Crippen molar-refractivity contribution in [1.82, 2.24) is 0 Å². The van der Waals surface area contributed by atoms with Gasteiger partial charge < -0.3 is 10.9 Å². The van der Waals surface area contributed by atoms with E-state index in [9.17, 15) is 22.6 Å². The normalized spacial score (nSPS) is 18.5. The van der Waals surface area contributed by atoms with Crippen LogP contribution in [0.15, 0.2) is 23.1 Å². The van der Waals surface area contributed by atoms with Gasteiger partial charge in [0.1, 0.15) is 12.2 Å². The molecule has 2 saturated carbocycles. The summed E-state index contributed by atoms with van der Waals surface area (Å²) in [5.74, 6) is -1.41. The number of esters is 2. The van der Waals surface area contributed by atoms with Crippen LogP contribution in [0, 0.1) is 0 Å². The van der Waals surface area contributed by atoms with Crippen LogP contribution >= 0.6 is 0 Å². The topological polar surface area (TPSA) is 107 Å². The molecule has 2 fully saturated rings. The van der Waals surface area contributed by atoms with E-state index in [0.717, 1.165) is 76.3 Å². The van der Waals surface area contributed by atoms with Gasteiger partial charge in [-0.05, 0) is 69.6 Å². The molecule has 156 valence electrons. The van der Waals surface area contributed by atoms with Gasteiger partial charge in [0.15, 0.2) is 0 Å². The maximum atomic E-state index is 12.5. The van der Waals surface area contributed by atoms with Crippen molar-refractivity contribution in [3.8, 4) is 0 Å². The van der Waals surface area contributed by atoms with Crippen molar-refractivity contribution in [3.63, 3.8) is 0 Å². The van der Waals surface area contributed by atoms with Crippen molar-refractivity contribution in [1.29, 1.82) is 0 Å². The van der Waals surface area contributed by atoms with Crippen molar-refractivity contribution in [3.05, 3.63) is 29.3 Å². The number of carbonyl (C=O) groups is 2. The number of hydrogen-bond donors (Lipinski definition) is 1. The van der Waals surface area contributed by atoms with E-state index in [0.29, 0.717) is 0 Å². The Labute approximate surface area is 231 Å². The molecule has 2 aliphatic rings. The molecule has 9 heteroatoms. The molecule has 2 aliphatic carbocycles. The van der Waals surface area contributed by atoms with E-state index in [-0.39, 0.29) is 93.7 Å². The van der Waals surface area contributed by atoms with Gasteiger partial charge in [-0.2, -0.15) is 8.42 Å². The number of carbonyl (C=O) groups excluding carboxylic acids is 2. The summed E-state index contributed by atoms with van der Waals surface area (Å²) in [5, 5.41) is 0. The second-order valence-electron chi connectivity index (χ2n) is 7.55. The molecule has 0 unspecified atom stereocenters. The predicted molar refractivity (Wildman–Crippen MR) is 102 cm³/mol. The Bertz CT molecular complexity index is 781. The maximum Gasteiger partial charge on any atom is 1.00 e. The molecule has 3 rings (SSSR count). The van der Waals surface area contributed by atoms with E-state index in [1.165, 1.54) is 6.07 Å². The minimum atomic E-state index is -4.60. The van der Waals surface area contributed by atoms with Gasteiger partial charge >= 0.3 is 80.8 Å². The first kappa shape index (κ1) is 25.4. The fourth-order valence-corrected chi connectivity index (χ4v) is 4.34. The molecule has 29 heavy (non-hydrogen) atoms. The summed E-state index contributed by atoms with van der Waals surface area (Å²) >= 11 is 0. The van der Waals surface area contributed by atoms with Gasteiger partial charge in [-0.15, -0.1) is 0 Å². The minimum Gasteiger partial charge on any atom is -1.00 e. The molecule has 7 nitrogen and oxygen atoms in total. The van der Waals surface area contributed by atoms with Crippen LogP contribution in [-0.2, 0) is 19.6 Å². The zero-order valence-corrected chi connectivity index (χ0v) is 23.9. The monoisotopic (exact) mass is 544 g/mol. The first-order valence-corrected chi connectivity index (χ1v) is 11.3. The number of ether oxygens (including phenoxy) is 2. The third kappa shape index (κ3) is 7.64. The zero-order chi connectivity index (χ0) is 20.1. The third-order valence-corrected chi connectivity index (χ3v) is 6.16. The number of benzene rings is 1. The number of hydrogen-bond acceptors (Lipinski definition) is 6. The first-order valence-electron chi connectivity index (χ1n) is 9.87. The Morgan fingerprint density at radius 2 is 1.17 bits per heavy atom. The summed E-state index contributed by atoms with van der Waals surface area (Å²) in [7, 11) is -4.60. The Hall–Kier alpha value is 0.122. The molecule has 0 heterocycles. The van der Waals surface area contributed by atoms with Gasteiger partial charge in [-0.1, -0.05) is 12.8 Å². The number of rotatable bonds is 5. The van der Waals surface area contributed by atoms with Crippen LogP contribution in [0.25, 0.3) is 0 Å². The summed E-state index contributed by atoms with van der Waals surface area (Å²) in [4.78, 5) is 24.5. The Balaban J connectivity index is 0.00000225. The summed E-state index contributed by atoms with van der Waals surface area (Å²) in [6, 6.07) is 3.32. The van der Waals surface area contributed by atoms with Crippen LogP contribution in [0.5, 0.6) is 0 Å². The summed E-state index contributed by atoms with van der Waals surface area (Å²) < 4.78 is 43.6. The molecule has 0 bridgehead atoms. The molecule has 0 aromatic heterocycles. The van der Waals surface area contributed by atoms with Gasteiger partial charge in [0, 0.05) is 0 Å². The molecule has 0 atom stereocenters. The quantitative estimate of drug-likeness (QED) is 0.436. The van der Waals surface area contributed by atoms with Crippen LogP contribution in [0.3, 0.4) is 0 Å². The van der Waals surface area contributed by atoms with E-state index in [1.807, 2.05) is 0 Å². The Morgan fingerprint density at radius 3 is 1.52 bits per heavy atom. The minimum absolute atomic E-state index is 0. The molecular weight excluding hydrogens is 517 g/mol. The fraction of sp³-hybridized carbons (Fsp3) is 0.600. The van der Waals surface area contributed by atoms with Gasteiger partial charge in [0.2, 0.25) is 0 Å². The molecule has 0 aliphatic heterocycles. The Morgan fingerprint density at radius 1 is 0.793 bits per heavy atom. The van der Waals surface area contributed by atoms with Gasteiger partial charge in [-0.3, -0.25) is 4.55 Å². The van der Waals surface area contributed by atoms with Crippen molar-refractivity contribution in [2.75, 3.05) is 0 Å². The second kappa shape index (κ2) is 11.7. The van der Waals surface area contributed by atoms with Gasteiger partial charge in [0.25, 0.3) is 10.1 Å². The summed E-state index contributed by atoms with van der Waals surface area (Å²) in [6.45, 7) is 0. The van der Waals surface area contributed by atoms with Crippen LogP contribution in [0.4, 0.5) is 0 Å². The van der Waals surface area contributed by atoms with Gasteiger partial charge in [0.05, 0.1) is 16.0 Å². The van der Waals surface area contributed by atoms with Crippen molar-refractivity contribution in [2.24, 2.45) is 0 Å². The fourth-order valence-electron chi connectivity index (χ4n) is 3.79. The van der Waals surface area contributed by atoms with E-state index in [1.54, 1.807) is 0 Å². The van der Waals surface area contributed by atoms with E-state index in [4.69, 9.17) is 9.47 Å². The second-order valence-corrected chi connectivity index (χ2v) is 8.97. The third-order valence-electron chi connectivity index (χ3n) is 5.33. The molecule has 0 spiro atoms. The molecule has 1 aromatic carbocycles. The van der Waals surface area contributed by atoms with Crippen LogP contribution in [0.1, 0.15) is 86.4 Å². The largest absolute Gasteiger partial charge is 1.00 e. The smallest absolute Gasteiger partial charge is 1.00 e. The van der Waals surface area contributed by atoms with Crippen LogP contribution in [0.2, 0.25) is 0 Å². The SMILES string of the molecule is O=C(OC1CCCCC1)c1cc(C(=O)OC2CCCCC2)cc(S(=O)(=O)O)c1.[Cs+].[H-]. The van der Waals surface area contributed by atoms with Crippen LogP contribution in [-0.4, -0.2) is 37.1 Å². The van der Waals surface area contributed by atoms with E-state index >= 15 is 0 Å². The first-order chi connectivity index (χ1) is 13.3. The molecule has 1 N–H and O–H groups in total. The molecule has 0 saturated heterocycles. The zero-order valence-electron chi connectivity index (χ0n) is 17.8. The summed E-state index contributed by atoms with van der Waals surface area (Å²) in [6.07, 6.45) is 8.73. The average molecular weight is 544 g/mol. The molecule has 0 amide bonds. The standard InChI is InChI=1S/C20H26O7S.Cs.H/c21-19(26-16-7-3-1-4-8-16)14-11-15(13-18(12-14)28(23,24)25)20(22)27-17-9-5-2-6-10-17;;/h11-13,16-17H,1-10H2,(H,23,24,25);;/q;+1;-1.